The highest BCUT2D eigenvalue weighted by Crippen LogP contribution is 2.38. The Bertz CT molecular complexity index is 911. The number of hydrogen-bond acceptors (Lipinski definition) is 6. The number of nitrogens with one attached hydrogen (secondary N) is 2. The summed E-state index contributed by atoms with van der Waals surface area (Å²) in [5.41, 5.74) is 0.932. The van der Waals surface area contributed by atoms with Crippen molar-refractivity contribution in [3.8, 4) is 11.3 Å². The standard InChI is InChI=1S/C18H19Cl2N3O4S/c1-8-12(14(23-27-8)13-9(19)5-4-6-10(13)20)16(24)21-7-11-22-15(17(25)26)18(2,3)28-11/h4-6,11,15,22H,7H2,1-3H3,(H,21,24)(H,25,26). The van der Waals surface area contributed by atoms with Crippen LogP contribution in [0.5, 0.6) is 0 Å². The van der Waals surface area contributed by atoms with Gasteiger partial charge in [0.15, 0.2) is 0 Å². The fourth-order valence-corrected chi connectivity index (χ4v) is 5.12. The van der Waals surface area contributed by atoms with Gasteiger partial charge in [-0.3, -0.25) is 14.9 Å². The zero-order valence-corrected chi connectivity index (χ0v) is 17.7. The van der Waals surface area contributed by atoms with Crippen LogP contribution >= 0.6 is 35.0 Å². The van der Waals surface area contributed by atoms with Crippen LogP contribution in [0.2, 0.25) is 10.0 Å². The topological polar surface area (TPSA) is 104 Å². The van der Waals surface area contributed by atoms with Gasteiger partial charge in [-0.1, -0.05) is 34.4 Å². The third kappa shape index (κ3) is 4.00. The minimum atomic E-state index is -0.920. The molecule has 1 amide bonds. The first-order chi connectivity index (χ1) is 13.1. The lowest BCUT2D eigenvalue weighted by atomic mass is 10.0. The van der Waals surface area contributed by atoms with Crippen LogP contribution in [-0.4, -0.2) is 44.8 Å². The van der Waals surface area contributed by atoms with Gasteiger partial charge in [0.25, 0.3) is 5.91 Å². The van der Waals surface area contributed by atoms with Crippen LogP contribution in [0, 0.1) is 6.92 Å². The first-order valence-corrected chi connectivity index (χ1v) is 10.1. The second-order valence-electron chi connectivity index (χ2n) is 6.92. The normalized spacial score (nSPS) is 20.9. The molecule has 1 aromatic carbocycles. The molecule has 2 aromatic rings. The summed E-state index contributed by atoms with van der Waals surface area (Å²) >= 11 is 13.9. The molecule has 28 heavy (non-hydrogen) atoms. The summed E-state index contributed by atoms with van der Waals surface area (Å²) < 4.78 is 4.71. The lowest BCUT2D eigenvalue weighted by Gasteiger charge is -2.20. The fraction of sp³-hybridized carbons (Fsp3) is 0.389. The number of benzene rings is 1. The number of nitrogens with zero attached hydrogens (tertiary/aromatic N) is 1. The molecule has 1 aromatic heterocycles. The molecule has 1 aliphatic heterocycles. The number of carboxylic acids is 1. The predicted octanol–water partition coefficient (Wildman–Crippen LogP) is 3.58. The number of thioether (sulfide) groups is 1. The first-order valence-electron chi connectivity index (χ1n) is 8.47. The number of aromatic nitrogens is 1. The zero-order valence-electron chi connectivity index (χ0n) is 15.4. The van der Waals surface area contributed by atoms with Crippen molar-refractivity contribution in [3.63, 3.8) is 0 Å². The van der Waals surface area contributed by atoms with E-state index in [1.54, 1.807) is 25.1 Å². The van der Waals surface area contributed by atoms with Gasteiger partial charge in [0, 0.05) is 16.9 Å². The highest BCUT2D eigenvalue weighted by molar-refractivity contribution is 8.01. The molecular weight excluding hydrogens is 425 g/mol. The summed E-state index contributed by atoms with van der Waals surface area (Å²) in [6.07, 6.45) is 0. The predicted molar refractivity (Wildman–Crippen MR) is 109 cm³/mol. The Balaban J connectivity index is 1.78. The van der Waals surface area contributed by atoms with Gasteiger partial charge < -0.3 is 14.9 Å². The monoisotopic (exact) mass is 443 g/mol. The number of rotatable bonds is 5. The van der Waals surface area contributed by atoms with Crippen molar-refractivity contribution in [1.29, 1.82) is 0 Å². The number of carbonyl (C=O) groups excluding carboxylic acids is 1. The van der Waals surface area contributed by atoms with Crippen molar-refractivity contribution in [1.82, 2.24) is 15.8 Å². The molecule has 3 N–H and O–H groups in total. The zero-order chi connectivity index (χ0) is 20.6. The maximum absolute atomic E-state index is 12.8. The number of aliphatic carboxylic acids is 1. The van der Waals surface area contributed by atoms with Crippen molar-refractivity contribution in [2.24, 2.45) is 0 Å². The molecule has 2 unspecified atom stereocenters. The SMILES string of the molecule is Cc1onc(-c2c(Cl)cccc2Cl)c1C(=O)NCC1NC(C(=O)O)C(C)(C)S1. The average Bonchev–Trinajstić information content (AvgIpc) is 3.12. The molecule has 7 nitrogen and oxygen atoms in total. The summed E-state index contributed by atoms with van der Waals surface area (Å²) in [5.74, 6) is -0.986. The van der Waals surface area contributed by atoms with Crippen LogP contribution in [0.4, 0.5) is 0 Å². The largest absolute Gasteiger partial charge is 0.480 e. The van der Waals surface area contributed by atoms with E-state index in [0.717, 1.165) is 0 Å². The van der Waals surface area contributed by atoms with Gasteiger partial charge in [-0.2, -0.15) is 0 Å². The summed E-state index contributed by atoms with van der Waals surface area (Å²) in [6, 6.07) is 4.31. The first kappa shape index (κ1) is 21.0. The van der Waals surface area contributed by atoms with Crippen LogP contribution in [-0.2, 0) is 4.79 Å². The van der Waals surface area contributed by atoms with E-state index >= 15 is 0 Å². The van der Waals surface area contributed by atoms with Crippen LogP contribution in [0.25, 0.3) is 11.3 Å². The average molecular weight is 444 g/mol. The smallest absolute Gasteiger partial charge is 0.322 e. The molecule has 0 spiro atoms. The number of halogens is 2. The number of amides is 1. The summed E-state index contributed by atoms with van der Waals surface area (Å²) in [7, 11) is 0. The maximum atomic E-state index is 12.8. The molecule has 0 bridgehead atoms. The summed E-state index contributed by atoms with van der Waals surface area (Å²) in [6.45, 7) is 5.57. The molecule has 0 aliphatic carbocycles. The molecule has 0 saturated carbocycles. The van der Waals surface area contributed by atoms with Gasteiger partial charge in [0.1, 0.15) is 23.1 Å². The summed E-state index contributed by atoms with van der Waals surface area (Å²) in [4.78, 5) is 24.2. The molecule has 150 valence electrons. The molecule has 2 atom stereocenters. The number of carboxylic acid groups (broad SMARTS) is 1. The summed E-state index contributed by atoms with van der Waals surface area (Å²) in [5, 5.41) is 19.6. The molecule has 1 aliphatic rings. The third-order valence-electron chi connectivity index (χ3n) is 4.48. The molecule has 2 heterocycles. The highest BCUT2D eigenvalue weighted by atomic mass is 35.5. The van der Waals surface area contributed by atoms with E-state index in [-0.39, 0.29) is 23.2 Å². The van der Waals surface area contributed by atoms with Gasteiger partial charge in [-0.15, -0.1) is 11.8 Å². The minimum Gasteiger partial charge on any atom is -0.480 e. The Kier molecular flexibility index (Phi) is 5.95. The molecule has 3 rings (SSSR count). The Hall–Kier alpha value is -1.74. The fourth-order valence-electron chi connectivity index (χ4n) is 3.13. The number of hydrogen-bond donors (Lipinski definition) is 3. The quantitative estimate of drug-likeness (QED) is 0.648. The molecule has 1 fully saturated rings. The molecular formula is C18H19Cl2N3O4S. The van der Waals surface area contributed by atoms with Crippen LogP contribution < -0.4 is 10.6 Å². The Labute approximate surface area is 176 Å². The van der Waals surface area contributed by atoms with Gasteiger partial charge in [-0.25, -0.2) is 0 Å². The van der Waals surface area contributed by atoms with Crippen molar-refractivity contribution >= 4 is 46.8 Å². The van der Waals surface area contributed by atoms with Crippen molar-refractivity contribution in [2.45, 2.75) is 36.9 Å². The van der Waals surface area contributed by atoms with E-state index in [2.05, 4.69) is 15.8 Å². The maximum Gasteiger partial charge on any atom is 0.322 e. The Morgan fingerprint density at radius 1 is 1.36 bits per heavy atom. The van der Waals surface area contributed by atoms with E-state index < -0.39 is 22.7 Å². The van der Waals surface area contributed by atoms with Gasteiger partial charge in [0.05, 0.1) is 15.4 Å². The van der Waals surface area contributed by atoms with Gasteiger partial charge in [0.2, 0.25) is 0 Å². The van der Waals surface area contributed by atoms with Crippen molar-refractivity contribution in [2.75, 3.05) is 6.54 Å². The van der Waals surface area contributed by atoms with E-state index in [4.69, 9.17) is 27.7 Å². The van der Waals surface area contributed by atoms with Gasteiger partial charge >= 0.3 is 5.97 Å². The van der Waals surface area contributed by atoms with E-state index in [0.29, 0.717) is 21.4 Å². The third-order valence-corrected chi connectivity index (χ3v) is 6.54. The molecule has 10 heteroatoms. The van der Waals surface area contributed by atoms with E-state index in [1.165, 1.54) is 11.8 Å². The van der Waals surface area contributed by atoms with E-state index in [9.17, 15) is 14.7 Å². The minimum absolute atomic E-state index is 0.233. The highest BCUT2D eigenvalue weighted by Gasteiger charge is 2.45. The van der Waals surface area contributed by atoms with E-state index in [1.807, 2.05) is 13.8 Å². The van der Waals surface area contributed by atoms with Crippen LogP contribution in [0.1, 0.15) is 30.0 Å². The Morgan fingerprint density at radius 2 is 2.00 bits per heavy atom. The van der Waals surface area contributed by atoms with Crippen LogP contribution in [0.15, 0.2) is 22.7 Å². The lowest BCUT2D eigenvalue weighted by molar-refractivity contribution is -0.139. The van der Waals surface area contributed by atoms with Gasteiger partial charge in [-0.05, 0) is 32.9 Å². The van der Waals surface area contributed by atoms with Crippen molar-refractivity contribution < 1.29 is 19.2 Å². The Morgan fingerprint density at radius 3 is 2.57 bits per heavy atom. The second-order valence-corrected chi connectivity index (χ2v) is 9.59. The van der Waals surface area contributed by atoms with Crippen molar-refractivity contribution in [3.05, 3.63) is 39.6 Å². The number of carbonyl (C=O) groups is 2. The molecule has 0 radical (unpaired) electrons. The van der Waals surface area contributed by atoms with Crippen LogP contribution in [0.3, 0.4) is 0 Å². The molecule has 1 saturated heterocycles. The second kappa shape index (κ2) is 7.94. The number of aryl methyl sites for hydroxylation is 1. The lowest BCUT2D eigenvalue weighted by Crippen LogP contribution is -2.46.